The highest BCUT2D eigenvalue weighted by atomic mass is 16.5. The molecule has 0 unspecified atom stereocenters. The molecule has 0 spiro atoms. The predicted molar refractivity (Wildman–Crippen MR) is 79.1 cm³/mol. The van der Waals surface area contributed by atoms with Gasteiger partial charge in [-0.1, -0.05) is 12.1 Å². The molecule has 22 heavy (non-hydrogen) atoms. The average molecular weight is 296 g/mol. The number of nitriles is 1. The SMILES string of the molecule is N#Cc1ccccc1OCC(=O)N[C@@H]1CCc2nccn2C1. The zero-order chi connectivity index (χ0) is 15.4. The van der Waals surface area contributed by atoms with Gasteiger partial charge in [-0.3, -0.25) is 4.79 Å². The van der Waals surface area contributed by atoms with E-state index < -0.39 is 0 Å². The molecule has 2 heterocycles. The number of rotatable bonds is 4. The molecule has 0 bridgehead atoms. The monoisotopic (exact) mass is 296 g/mol. The molecule has 6 heteroatoms. The second kappa shape index (κ2) is 6.31. The number of ether oxygens (including phenoxy) is 1. The molecule has 2 aromatic rings. The molecule has 0 saturated heterocycles. The van der Waals surface area contributed by atoms with Crippen LogP contribution in [0.4, 0.5) is 0 Å². The number of imidazole rings is 1. The van der Waals surface area contributed by atoms with Gasteiger partial charge in [0.05, 0.1) is 5.56 Å². The largest absolute Gasteiger partial charge is 0.482 e. The molecule has 0 saturated carbocycles. The average Bonchev–Trinajstić information content (AvgIpc) is 3.01. The van der Waals surface area contributed by atoms with Crippen LogP contribution >= 0.6 is 0 Å². The van der Waals surface area contributed by atoms with E-state index in [2.05, 4.69) is 14.9 Å². The van der Waals surface area contributed by atoms with Crippen LogP contribution in [-0.2, 0) is 17.8 Å². The number of amides is 1. The number of aryl methyl sites for hydroxylation is 1. The Bertz CT molecular complexity index is 717. The number of aromatic nitrogens is 2. The van der Waals surface area contributed by atoms with Crippen LogP contribution in [-0.4, -0.2) is 28.1 Å². The van der Waals surface area contributed by atoms with Crippen LogP contribution in [0.5, 0.6) is 5.75 Å². The van der Waals surface area contributed by atoms with Crippen LogP contribution in [0.3, 0.4) is 0 Å². The van der Waals surface area contributed by atoms with Gasteiger partial charge in [0.2, 0.25) is 0 Å². The first-order chi connectivity index (χ1) is 10.8. The van der Waals surface area contributed by atoms with Crippen molar-refractivity contribution in [2.75, 3.05) is 6.61 Å². The van der Waals surface area contributed by atoms with E-state index in [-0.39, 0.29) is 18.6 Å². The number of nitrogens with one attached hydrogen (secondary N) is 1. The van der Waals surface area contributed by atoms with E-state index in [1.807, 2.05) is 12.3 Å². The number of carbonyl (C=O) groups is 1. The van der Waals surface area contributed by atoms with Crippen molar-refractivity contribution < 1.29 is 9.53 Å². The smallest absolute Gasteiger partial charge is 0.258 e. The lowest BCUT2D eigenvalue weighted by molar-refractivity contribution is -0.124. The minimum Gasteiger partial charge on any atom is -0.482 e. The van der Waals surface area contributed by atoms with Crippen molar-refractivity contribution in [3.05, 3.63) is 48.0 Å². The number of benzene rings is 1. The number of para-hydroxylation sites is 1. The molecule has 1 aliphatic heterocycles. The molecule has 1 aromatic carbocycles. The summed E-state index contributed by atoms with van der Waals surface area (Å²) in [5, 5.41) is 11.9. The maximum Gasteiger partial charge on any atom is 0.258 e. The van der Waals surface area contributed by atoms with Crippen LogP contribution in [0.2, 0.25) is 0 Å². The Labute approximate surface area is 128 Å². The highest BCUT2D eigenvalue weighted by Crippen LogP contribution is 2.16. The van der Waals surface area contributed by atoms with Crippen LogP contribution in [0, 0.1) is 11.3 Å². The molecule has 0 aliphatic carbocycles. The molecule has 0 fully saturated rings. The third kappa shape index (κ3) is 3.09. The van der Waals surface area contributed by atoms with E-state index in [1.165, 1.54) is 0 Å². The van der Waals surface area contributed by atoms with E-state index in [9.17, 15) is 4.79 Å². The first-order valence-electron chi connectivity index (χ1n) is 7.17. The summed E-state index contributed by atoms with van der Waals surface area (Å²) in [6, 6.07) is 9.01. The maximum atomic E-state index is 12.0. The molecule has 1 N–H and O–H groups in total. The van der Waals surface area contributed by atoms with Crippen LogP contribution in [0.25, 0.3) is 0 Å². The van der Waals surface area contributed by atoms with Crippen molar-refractivity contribution in [2.45, 2.75) is 25.4 Å². The van der Waals surface area contributed by atoms with Gasteiger partial charge in [-0.05, 0) is 18.6 Å². The predicted octanol–water partition coefficient (Wildman–Crippen LogP) is 1.26. The Morgan fingerprint density at radius 1 is 1.50 bits per heavy atom. The highest BCUT2D eigenvalue weighted by molar-refractivity contribution is 5.78. The van der Waals surface area contributed by atoms with Gasteiger partial charge in [-0.2, -0.15) is 5.26 Å². The third-order valence-corrected chi connectivity index (χ3v) is 3.67. The van der Waals surface area contributed by atoms with Gasteiger partial charge in [0, 0.05) is 31.4 Å². The van der Waals surface area contributed by atoms with Crippen LogP contribution < -0.4 is 10.1 Å². The standard InChI is InChI=1S/C16H16N4O2/c17-9-12-3-1-2-4-14(12)22-11-16(21)19-13-5-6-15-18-7-8-20(15)10-13/h1-4,7-8,13H,5-6,10-11H2,(H,19,21)/t13-/m1/s1. The number of hydrogen-bond donors (Lipinski definition) is 1. The lowest BCUT2D eigenvalue weighted by Crippen LogP contribution is -2.42. The zero-order valence-electron chi connectivity index (χ0n) is 12.0. The number of carbonyl (C=O) groups excluding carboxylic acids is 1. The van der Waals surface area contributed by atoms with Crippen molar-refractivity contribution >= 4 is 5.91 Å². The Balaban J connectivity index is 1.52. The Kier molecular flexibility index (Phi) is 4.05. The summed E-state index contributed by atoms with van der Waals surface area (Å²) in [4.78, 5) is 16.3. The van der Waals surface area contributed by atoms with Gasteiger partial charge in [0.15, 0.2) is 6.61 Å². The summed E-state index contributed by atoms with van der Waals surface area (Å²) in [5.74, 6) is 1.31. The summed E-state index contributed by atoms with van der Waals surface area (Å²) >= 11 is 0. The quantitative estimate of drug-likeness (QED) is 0.921. The molecule has 6 nitrogen and oxygen atoms in total. The van der Waals surface area contributed by atoms with Crippen LogP contribution in [0.1, 0.15) is 17.8 Å². The second-order valence-corrected chi connectivity index (χ2v) is 5.20. The Morgan fingerprint density at radius 3 is 3.23 bits per heavy atom. The normalized spacial score (nSPS) is 16.4. The molecule has 1 atom stereocenters. The van der Waals surface area contributed by atoms with Gasteiger partial charge < -0.3 is 14.6 Å². The summed E-state index contributed by atoms with van der Waals surface area (Å²) in [7, 11) is 0. The minimum atomic E-state index is -0.179. The van der Waals surface area contributed by atoms with Crippen molar-refractivity contribution in [1.29, 1.82) is 5.26 Å². The lowest BCUT2D eigenvalue weighted by Gasteiger charge is -2.24. The highest BCUT2D eigenvalue weighted by Gasteiger charge is 2.20. The summed E-state index contributed by atoms with van der Waals surface area (Å²) in [6.07, 6.45) is 5.43. The first-order valence-corrected chi connectivity index (χ1v) is 7.17. The van der Waals surface area contributed by atoms with E-state index in [4.69, 9.17) is 10.00 Å². The summed E-state index contributed by atoms with van der Waals surface area (Å²) in [6.45, 7) is 0.641. The fraction of sp³-hybridized carbons (Fsp3) is 0.312. The molecule has 0 radical (unpaired) electrons. The molecule has 112 valence electrons. The van der Waals surface area contributed by atoms with Crippen molar-refractivity contribution in [3.8, 4) is 11.8 Å². The summed E-state index contributed by atoms with van der Waals surface area (Å²) < 4.78 is 7.49. The van der Waals surface area contributed by atoms with E-state index in [0.29, 0.717) is 11.3 Å². The zero-order valence-corrected chi connectivity index (χ0v) is 12.0. The van der Waals surface area contributed by atoms with Gasteiger partial charge in [-0.25, -0.2) is 4.98 Å². The van der Waals surface area contributed by atoms with E-state index in [1.54, 1.807) is 30.5 Å². The minimum absolute atomic E-state index is 0.0870. The fourth-order valence-corrected chi connectivity index (χ4v) is 2.58. The van der Waals surface area contributed by atoms with E-state index in [0.717, 1.165) is 25.2 Å². The molecule has 1 aliphatic rings. The molecule has 1 amide bonds. The molecule has 3 rings (SSSR count). The molecule has 1 aromatic heterocycles. The number of fused-ring (bicyclic) bond motifs is 1. The maximum absolute atomic E-state index is 12.0. The van der Waals surface area contributed by atoms with E-state index >= 15 is 0 Å². The van der Waals surface area contributed by atoms with Crippen molar-refractivity contribution in [2.24, 2.45) is 0 Å². The van der Waals surface area contributed by atoms with Gasteiger partial charge >= 0.3 is 0 Å². The fourth-order valence-electron chi connectivity index (χ4n) is 2.58. The van der Waals surface area contributed by atoms with Gasteiger partial charge in [0.1, 0.15) is 17.6 Å². The van der Waals surface area contributed by atoms with Crippen molar-refractivity contribution in [3.63, 3.8) is 0 Å². The summed E-state index contributed by atoms with van der Waals surface area (Å²) in [5.41, 5.74) is 0.427. The van der Waals surface area contributed by atoms with Crippen LogP contribution in [0.15, 0.2) is 36.7 Å². The van der Waals surface area contributed by atoms with Gasteiger partial charge in [-0.15, -0.1) is 0 Å². The third-order valence-electron chi connectivity index (χ3n) is 3.67. The second-order valence-electron chi connectivity index (χ2n) is 5.20. The topological polar surface area (TPSA) is 79.9 Å². The van der Waals surface area contributed by atoms with Gasteiger partial charge in [0.25, 0.3) is 5.91 Å². The lowest BCUT2D eigenvalue weighted by atomic mass is 10.1. The van der Waals surface area contributed by atoms with Crippen molar-refractivity contribution in [1.82, 2.24) is 14.9 Å². The Morgan fingerprint density at radius 2 is 2.36 bits per heavy atom. The first kappa shape index (κ1) is 14.1. The Hall–Kier alpha value is -2.81. The number of nitrogens with zero attached hydrogens (tertiary/aromatic N) is 3. The number of hydrogen-bond acceptors (Lipinski definition) is 4. The molecular weight excluding hydrogens is 280 g/mol. The molecular formula is C16H16N4O2.